The average molecular weight is 895 g/mol. The Morgan fingerprint density at radius 3 is 1.03 bits per heavy atom. The smallest absolute Gasteiger partial charge is 0.306 e. The Morgan fingerprint density at radius 1 is 0.375 bits per heavy atom. The summed E-state index contributed by atoms with van der Waals surface area (Å²) >= 11 is 0. The molecule has 0 spiro atoms. The van der Waals surface area contributed by atoms with Crippen LogP contribution in [-0.2, 0) is 19.1 Å². The van der Waals surface area contributed by atoms with E-state index in [0.717, 1.165) is 70.6 Å². The maximum atomic E-state index is 12.2. The van der Waals surface area contributed by atoms with Gasteiger partial charge in [0.15, 0.2) is 6.10 Å². The molecule has 0 fully saturated rings. The van der Waals surface area contributed by atoms with Crippen LogP contribution in [0.2, 0.25) is 0 Å². The number of unbranched alkanes of at least 4 members (excludes halogenated alkanes) is 33. The van der Waals surface area contributed by atoms with Gasteiger partial charge in [0.25, 0.3) is 0 Å². The second-order valence-electron chi connectivity index (χ2n) is 18.6. The first-order valence-corrected chi connectivity index (χ1v) is 27.8. The summed E-state index contributed by atoms with van der Waals surface area (Å²) in [6.45, 7) is 4.01. The van der Waals surface area contributed by atoms with Gasteiger partial charge in [0.1, 0.15) is 6.61 Å². The third-order valence-corrected chi connectivity index (χ3v) is 12.3. The molecule has 0 heterocycles. The van der Waals surface area contributed by atoms with Gasteiger partial charge < -0.3 is 14.6 Å². The van der Waals surface area contributed by atoms with Gasteiger partial charge in [-0.2, -0.15) is 0 Å². The van der Waals surface area contributed by atoms with Gasteiger partial charge in [0, 0.05) is 12.8 Å². The second-order valence-corrected chi connectivity index (χ2v) is 18.6. The molecule has 0 bridgehead atoms. The van der Waals surface area contributed by atoms with Crippen molar-refractivity contribution in [3.8, 4) is 0 Å². The number of aliphatic hydroxyl groups excluding tert-OH is 1. The molecule has 0 aromatic rings. The summed E-state index contributed by atoms with van der Waals surface area (Å²) in [5.74, 6) is -0.617. The number of esters is 2. The van der Waals surface area contributed by atoms with Crippen LogP contribution < -0.4 is 0 Å². The van der Waals surface area contributed by atoms with Crippen molar-refractivity contribution in [1.29, 1.82) is 0 Å². The van der Waals surface area contributed by atoms with Crippen LogP contribution >= 0.6 is 0 Å². The number of rotatable bonds is 51. The van der Waals surface area contributed by atoms with Gasteiger partial charge in [-0.3, -0.25) is 9.59 Å². The van der Waals surface area contributed by atoms with E-state index in [1.165, 1.54) is 186 Å². The van der Waals surface area contributed by atoms with E-state index >= 15 is 0 Å². The molecule has 1 atom stereocenters. The molecule has 64 heavy (non-hydrogen) atoms. The van der Waals surface area contributed by atoms with Crippen molar-refractivity contribution in [3.05, 3.63) is 60.8 Å². The molecule has 0 aliphatic carbocycles. The van der Waals surface area contributed by atoms with E-state index in [4.69, 9.17) is 9.47 Å². The molecule has 372 valence electrons. The molecule has 1 unspecified atom stereocenters. The molecule has 0 amide bonds. The third kappa shape index (κ3) is 52.2. The molecule has 1 N–H and O–H groups in total. The van der Waals surface area contributed by atoms with E-state index in [1.807, 2.05) is 0 Å². The lowest BCUT2D eigenvalue weighted by Gasteiger charge is -2.15. The molecular weight excluding hydrogens is 789 g/mol. The van der Waals surface area contributed by atoms with Gasteiger partial charge >= 0.3 is 11.9 Å². The number of hydrogen-bond donors (Lipinski definition) is 1. The lowest BCUT2D eigenvalue weighted by Crippen LogP contribution is -2.28. The van der Waals surface area contributed by atoms with Crippen molar-refractivity contribution in [2.45, 2.75) is 290 Å². The zero-order valence-electron chi connectivity index (χ0n) is 42.5. The van der Waals surface area contributed by atoms with E-state index in [9.17, 15) is 14.7 Å². The monoisotopic (exact) mass is 895 g/mol. The Morgan fingerprint density at radius 2 is 0.672 bits per heavy atom. The highest BCUT2D eigenvalue weighted by molar-refractivity contribution is 5.70. The van der Waals surface area contributed by atoms with Crippen molar-refractivity contribution in [2.75, 3.05) is 13.2 Å². The van der Waals surface area contributed by atoms with Crippen LogP contribution in [0.5, 0.6) is 0 Å². The molecule has 0 rings (SSSR count). The zero-order chi connectivity index (χ0) is 46.3. The summed E-state index contributed by atoms with van der Waals surface area (Å²) in [7, 11) is 0. The highest BCUT2D eigenvalue weighted by Gasteiger charge is 2.16. The minimum absolute atomic E-state index is 0.0763. The number of carbonyl (C=O) groups is 2. The van der Waals surface area contributed by atoms with Crippen molar-refractivity contribution in [1.82, 2.24) is 0 Å². The first kappa shape index (κ1) is 61.6. The van der Waals surface area contributed by atoms with Crippen LogP contribution in [-0.4, -0.2) is 36.4 Å². The standard InChI is InChI=1S/C59H106O5/c1-3-5-7-9-11-13-15-17-18-19-20-21-22-23-24-25-26-27-28-29-30-31-32-33-34-35-36-37-38-39-40-42-43-45-47-49-51-53-58(61)63-56-57(55-60)64-59(62)54-52-50-48-46-44-41-16-14-12-10-8-6-4-2/h6,8,12,14-15,17,19-20,41,44,57,60H,3-5,7,9-11,13,16,18,21-40,42-43,45-56H2,1-2H3/b8-6-,14-12-,17-15-,20-19-,44-41-. The molecule has 5 heteroatoms. The number of carbonyl (C=O) groups excluding carboxylic acids is 2. The summed E-state index contributed by atoms with van der Waals surface area (Å²) in [6, 6.07) is 0. The second kappa shape index (κ2) is 54.9. The molecule has 0 radical (unpaired) electrons. The fourth-order valence-electron chi connectivity index (χ4n) is 8.13. The molecule has 0 aliphatic heterocycles. The normalized spacial score (nSPS) is 12.6. The highest BCUT2D eigenvalue weighted by Crippen LogP contribution is 2.17. The van der Waals surface area contributed by atoms with Crippen molar-refractivity contribution < 1.29 is 24.2 Å². The number of aliphatic hydroxyl groups is 1. The third-order valence-electron chi connectivity index (χ3n) is 12.3. The predicted octanol–water partition coefficient (Wildman–Crippen LogP) is 18.6. The first-order chi connectivity index (χ1) is 31.6. The summed E-state index contributed by atoms with van der Waals surface area (Å²) in [6.07, 6.45) is 73.7. The van der Waals surface area contributed by atoms with E-state index in [0.29, 0.717) is 12.8 Å². The molecular formula is C59H106O5. The minimum Gasteiger partial charge on any atom is -0.462 e. The predicted molar refractivity (Wildman–Crippen MR) is 279 cm³/mol. The van der Waals surface area contributed by atoms with Crippen LogP contribution in [0, 0.1) is 0 Å². The Kier molecular flexibility index (Phi) is 52.9. The summed E-state index contributed by atoms with van der Waals surface area (Å²) in [5.41, 5.74) is 0. The van der Waals surface area contributed by atoms with Crippen molar-refractivity contribution in [2.24, 2.45) is 0 Å². The fraction of sp³-hybridized carbons (Fsp3) is 0.797. The quantitative estimate of drug-likeness (QED) is 0.0374. The van der Waals surface area contributed by atoms with E-state index in [-0.39, 0.29) is 25.2 Å². The van der Waals surface area contributed by atoms with Gasteiger partial charge in [0.2, 0.25) is 0 Å². The molecule has 0 aliphatic rings. The zero-order valence-corrected chi connectivity index (χ0v) is 42.5. The highest BCUT2D eigenvalue weighted by atomic mass is 16.6. The average Bonchev–Trinajstić information content (AvgIpc) is 3.30. The van der Waals surface area contributed by atoms with Crippen LogP contribution in [0.3, 0.4) is 0 Å². The maximum absolute atomic E-state index is 12.2. The molecule has 0 saturated heterocycles. The number of ether oxygens (including phenoxy) is 2. The van der Waals surface area contributed by atoms with Gasteiger partial charge in [-0.25, -0.2) is 0 Å². The lowest BCUT2D eigenvalue weighted by atomic mass is 10.0. The SMILES string of the molecule is CC/C=C\C/C=C\C/C=C\CCCCCC(=O)OC(CO)COC(=O)CCCCCCCCCCCCCCCCCCCCCCCCCCC/C=C\C/C=C\CCCCCCC. The van der Waals surface area contributed by atoms with Gasteiger partial charge in [-0.05, 0) is 77.0 Å². The van der Waals surface area contributed by atoms with Gasteiger partial charge in [-0.15, -0.1) is 0 Å². The van der Waals surface area contributed by atoms with Gasteiger partial charge in [0.05, 0.1) is 6.61 Å². The largest absolute Gasteiger partial charge is 0.462 e. The minimum atomic E-state index is -0.786. The van der Waals surface area contributed by atoms with Crippen LogP contribution in [0.1, 0.15) is 284 Å². The summed E-state index contributed by atoms with van der Waals surface area (Å²) < 4.78 is 10.6. The Bertz CT molecular complexity index is 1100. The van der Waals surface area contributed by atoms with Crippen LogP contribution in [0.15, 0.2) is 60.8 Å². The molecule has 5 nitrogen and oxygen atoms in total. The summed E-state index contributed by atoms with van der Waals surface area (Å²) in [4.78, 5) is 24.4. The topological polar surface area (TPSA) is 72.8 Å². The van der Waals surface area contributed by atoms with Crippen molar-refractivity contribution >= 4 is 11.9 Å². The summed E-state index contributed by atoms with van der Waals surface area (Å²) in [5, 5.41) is 9.60. The van der Waals surface area contributed by atoms with Crippen molar-refractivity contribution in [3.63, 3.8) is 0 Å². The number of allylic oxidation sites excluding steroid dienone is 10. The van der Waals surface area contributed by atoms with Gasteiger partial charge in [-0.1, -0.05) is 254 Å². The maximum Gasteiger partial charge on any atom is 0.306 e. The van der Waals surface area contributed by atoms with Crippen LogP contribution in [0.25, 0.3) is 0 Å². The van der Waals surface area contributed by atoms with E-state index in [2.05, 4.69) is 74.6 Å². The molecule has 0 aromatic carbocycles. The van der Waals surface area contributed by atoms with E-state index in [1.54, 1.807) is 0 Å². The number of hydrogen-bond acceptors (Lipinski definition) is 5. The molecule has 0 aromatic heterocycles. The lowest BCUT2D eigenvalue weighted by molar-refractivity contribution is -0.161. The Hall–Kier alpha value is -2.40. The Labute approximate surface area is 398 Å². The molecule has 0 saturated carbocycles. The van der Waals surface area contributed by atoms with Crippen LogP contribution in [0.4, 0.5) is 0 Å². The first-order valence-electron chi connectivity index (χ1n) is 27.8. The van der Waals surface area contributed by atoms with E-state index < -0.39 is 6.10 Å². The Balaban J connectivity index is 3.39. The fourth-order valence-corrected chi connectivity index (χ4v) is 8.13.